The standard InChI is InChI=1S/C17H19ClN2O3/c1-12(2)17(3,11-19)20-15(21)10-23-16(22)9-8-13-6-4-5-7-14(13)18/h4-9,12H,10H2,1-3H3,(H,20,21)/b9-8+/t17-/m0/s1. The molecule has 0 radical (unpaired) electrons. The largest absolute Gasteiger partial charge is 0.452 e. The molecule has 0 spiro atoms. The predicted octanol–water partition coefficient (Wildman–Crippen LogP) is 2.95. The summed E-state index contributed by atoms with van der Waals surface area (Å²) in [5.41, 5.74) is -0.330. The van der Waals surface area contributed by atoms with Gasteiger partial charge in [0.25, 0.3) is 5.91 Å². The van der Waals surface area contributed by atoms with Crippen LogP contribution in [0.1, 0.15) is 26.3 Å². The van der Waals surface area contributed by atoms with E-state index in [2.05, 4.69) is 5.32 Å². The van der Waals surface area contributed by atoms with Crippen LogP contribution in [-0.4, -0.2) is 24.0 Å². The molecule has 1 atom stereocenters. The number of nitrogens with zero attached hydrogens (tertiary/aromatic N) is 1. The third-order valence-corrected chi connectivity index (χ3v) is 3.78. The molecule has 1 aromatic rings. The van der Waals surface area contributed by atoms with Crippen LogP contribution >= 0.6 is 11.6 Å². The van der Waals surface area contributed by atoms with Gasteiger partial charge in [-0.05, 0) is 30.5 Å². The van der Waals surface area contributed by atoms with Crippen molar-refractivity contribution in [1.29, 1.82) is 5.26 Å². The van der Waals surface area contributed by atoms with E-state index in [1.54, 1.807) is 31.2 Å². The summed E-state index contributed by atoms with van der Waals surface area (Å²) in [6.07, 6.45) is 2.70. The van der Waals surface area contributed by atoms with Gasteiger partial charge < -0.3 is 10.1 Å². The Morgan fingerprint density at radius 3 is 2.65 bits per heavy atom. The lowest BCUT2D eigenvalue weighted by Gasteiger charge is -2.27. The Morgan fingerprint density at radius 1 is 1.43 bits per heavy atom. The normalized spacial score (nSPS) is 13.4. The van der Waals surface area contributed by atoms with Crippen molar-refractivity contribution in [3.8, 4) is 6.07 Å². The Bertz CT molecular complexity index is 649. The van der Waals surface area contributed by atoms with Gasteiger partial charge >= 0.3 is 5.97 Å². The van der Waals surface area contributed by atoms with Gasteiger partial charge in [-0.25, -0.2) is 4.79 Å². The summed E-state index contributed by atoms with van der Waals surface area (Å²) in [5.74, 6) is -1.27. The minimum Gasteiger partial charge on any atom is -0.452 e. The molecule has 122 valence electrons. The summed E-state index contributed by atoms with van der Waals surface area (Å²) in [5, 5.41) is 12.2. The second-order valence-corrected chi connectivity index (χ2v) is 5.89. The van der Waals surface area contributed by atoms with E-state index in [9.17, 15) is 9.59 Å². The quantitative estimate of drug-likeness (QED) is 0.640. The van der Waals surface area contributed by atoms with Gasteiger partial charge in [0, 0.05) is 11.1 Å². The van der Waals surface area contributed by atoms with Crippen LogP contribution in [0.2, 0.25) is 5.02 Å². The second-order valence-electron chi connectivity index (χ2n) is 5.48. The molecule has 0 bridgehead atoms. The number of ether oxygens (including phenoxy) is 1. The molecule has 1 N–H and O–H groups in total. The van der Waals surface area contributed by atoms with Gasteiger partial charge in [-0.3, -0.25) is 4.79 Å². The molecule has 0 aliphatic rings. The third kappa shape index (κ3) is 5.76. The van der Waals surface area contributed by atoms with Crippen LogP contribution in [-0.2, 0) is 14.3 Å². The number of halogens is 1. The maximum atomic E-state index is 11.8. The van der Waals surface area contributed by atoms with Crippen LogP contribution in [0, 0.1) is 17.2 Å². The molecule has 1 amide bonds. The molecule has 0 saturated heterocycles. The fourth-order valence-corrected chi connectivity index (χ4v) is 1.78. The van der Waals surface area contributed by atoms with Gasteiger partial charge in [-0.1, -0.05) is 43.6 Å². The minimum absolute atomic E-state index is 0.0766. The Labute approximate surface area is 140 Å². The van der Waals surface area contributed by atoms with Gasteiger partial charge in [-0.15, -0.1) is 0 Å². The van der Waals surface area contributed by atoms with Gasteiger partial charge in [0.2, 0.25) is 0 Å². The molecule has 1 aromatic carbocycles. The van der Waals surface area contributed by atoms with Crippen molar-refractivity contribution < 1.29 is 14.3 Å². The Hall–Kier alpha value is -2.32. The van der Waals surface area contributed by atoms with Gasteiger partial charge in [-0.2, -0.15) is 5.26 Å². The van der Waals surface area contributed by atoms with Crippen LogP contribution in [0.25, 0.3) is 6.08 Å². The third-order valence-electron chi connectivity index (χ3n) is 3.44. The predicted molar refractivity (Wildman–Crippen MR) is 88.4 cm³/mol. The van der Waals surface area contributed by atoms with E-state index in [0.29, 0.717) is 10.6 Å². The zero-order valence-corrected chi connectivity index (χ0v) is 14.1. The van der Waals surface area contributed by atoms with E-state index >= 15 is 0 Å². The summed E-state index contributed by atoms with van der Waals surface area (Å²) < 4.78 is 4.85. The van der Waals surface area contributed by atoms with Crippen molar-refractivity contribution in [3.05, 3.63) is 40.9 Å². The average Bonchev–Trinajstić information content (AvgIpc) is 2.51. The van der Waals surface area contributed by atoms with E-state index in [-0.39, 0.29) is 5.92 Å². The van der Waals surface area contributed by atoms with Crippen molar-refractivity contribution in [2.75, 3.05) is 6.61 Å². The van der Waals surface area contributed by atoms with E-state index in [4.69, 9.17) is 21.6 Å². The molecule has 0 fully saturated rings. The summed E-state index contributed by atoms with van der Waals surface area (Å²) in [6, 6.07) is 9.07. The van der Waals surface area contributed by atoms with E-state index < -0.39 is 24.0 Å². The van der Waals surface area contributed by atoms with E-state index in [1.165, 1.54) is 12.2 Å². The number of esters is 1. The minimum atomic E-state index is -1.00. The Morgan fingerprint density at radius 2 is 2.09 bits per heavy atom. The molecule has 0 aromatic heterocycles. The highest BCUT2D eigenvalue weighted by molar-refractivity contribution is 6.32. The van der Waals surface area contributed by atoms with Crippen molar-refractivity contribution in [2.24, 2.45) is 5.92 Å². The van der Waals surface area contributed by atoms with Crippen molar-refractivity contribution in [1.82, 2.24) is 5.32 Å². The highest BCUT2D eigenvalue weighted by Gasteiger charge is 2.30. The maximum absolute atomic E-state index is 11.8. The molecule has 5 nitrogen and oxygen atoms in total. The topological polar surface area (TPSA) is 79.2 Å². The SMILES string of the molecule is CC(C)[C@](C)(C#N)NC(=O)COC(=O)/C=C/c1ccccc1Cl. The fraction of sp³-hybridized carbons (Fsp3) is 0.353. The summed E-state index contributed by atoms with van der Waals surface area (Å²) in [4.78, 5) is 23.4. The van der Waals surface area contributed by atoms with Crippen molar-refractivity contribution in [3.63, 3.8) is 0 Å². The first kappa shape index (κ1) is 18.7. The average molecular weight is 335 g/mol. The van der Waals surface area contributed by atoms with Gasteiger partial charge in [0.15, 0.2) is 6.61 Å². The molecular weight excluding hydrogens is 316 g/mol. The lowest BCUT2D eigenvalue weighted by molar-refractivity contribution is -0.144. The number of hydrogen-bond donors (Lipinski definition) is 1. The first-order valence-corrected chi connectivity index (χ1v) is 7.48. The first-order chi connectivity index (χ1) is 10.8. The number of carbonyl (C=O) groups is 2. The van der Waals surface area contributed by atoms with Crippen LogP contribution < -0.4 is 5.32 Å². The zero-order chi connectivity index (χ0) is 17.5. The maximum Gasteiger partial charge on any atom is 0.331 e. The van der Waals surface area contributed by atoms with Gasteiger partial charge in [0.1, 0.15) is 5.54 Å². The lowest BCUT2D eigenvalue weighted by Crippen LogP contribution is -2.50. The highest BCUT2D eigenvalue weighted by Crippen LogP contribution is 2.16. The molecular formula is C17H19ClN2O3. The second kappa shape index (κ2) is 8.35. The number of carbonyl (C=O) groups excluding carboxylic acids is 2. The first-order valence-electron chi connectivity index (χ1n) is 7.10. The summed E-state index contributed by atoms with van der Waals surface area (Å²) in [7, 11) is 0. The van der Waals surface area contributed by atoms with Crippen LogP contribution in [0.4, 0.5) is 0 Å². The van der Waals surface area contributed by atoms with E-state index in [0.717, 1.165) is 0 Å². The molecule has 1 rings (SSSR count). The molecule has 0 heterocycles. The lowest BCUT2D eigenvalue weighted by atomic mass is 9.90. The van der Waals surface area contributed by atoms with Crippen molar-refractivity contribution >= 4 is 29.6 Å². The number of nitriles is 1. The molecule has 0 aliphatic heterocycles. The summed E-state index contributed by atoms with van der Waals surface area (Å²) in [6.45, 7) is 4.81. The van der Waals surface area contributed by atoms with Crippen LogP contribution in [0.15, 0.2) is 30.3 Å². The van der Waals surface area contributed by atoms with Crippen molar-refractivity contribution in [2.45, 2.75) is 26.3 Å². The zero-order valence-electron chi connectivity index (χ0n) is 13.3. The van der Waals surface area contributed by atoms with Gasteiger partial charge in [0.05, 0.1) is 6.07 Å². The number of rotatable bonds is 6. The molecule has 0 saturated carbocycles. The van der Waals surface area contributed by atoms with Crippen LogP contribution in [0.5, 0.6) is 0 Å². The molecule has 23 heavy (non-hydrogen) atoms. The fourth-order valence-electron chi connectivity index (χ4n) is 1.58. The summed E-state index contributed by atoms with van der Waals surface area (Å²) >= 11 is 5.96. The molecule has 0 unspecified atom stereocenters. The van der Waals surface area contributed by atoms with Crippen LogP contribution in [0.3, 0.4) is 0 Å². The molecule has 0 aliphatic carbocycles. The number of benzene rings is 1. The smallest absolute Gasteiger partial charge is 0.331 e. The Balaban J connectivity index is 2.52. The number of nitrogens with one attached hydrogen (secondary N) is 1. The highest BCUT2D eigenvalue weighted by atomic mass is 35.5. The number of amides is 1. The Kier molecular flexibility index (Phi) is 6.80. The van der Waals surface area contributed by atoms with E-state index in [1.807, 2.05) is 19.9 Å². The monoisotopic (exact) mass is 334 g/mol. The molecule has 6 heteroatoms. The number of hydrogen-bond acceptors (Lipinski definition) is 4.